The molecule has 142 valence electrons. The Labute approximate surface area is 162 Å². The fourth-order valence-electron chi connectivity index (χ4n) is 3.45. The van der Waals surface area contributed by atoms with Gasteiger partial charge >= 0.3 is 5.97 Å². The minimum absolute atomic E-state index is 0.00614. The highest BCUT2D eigenvalue weighted by Crippen LogP contribution is 2.23. The van der Waals surface area contributed by atoms with E-state index in [-0.39, 0.29) is 24.4 Å². The highest BCUT2D eigenvalue weighted by molar-refractivity contribution is 7.99. The van der Waals surface area contributed by atoms with E-state index in [1.165, 1.54) is 0 Å². The first-order valence-electron chi connectivity index (χ1n) is 8.65. The van der Waals surface area contributed by atoms with Crippen LogP contribution in [0.25, 0.3) is 0 Å². The second-order valence-electron chi connectivity index (χ2n) is 6.76. The first kappa shape index (κ1) is 19.5. The van der Waals surface area contributed by atoms with E-state index in [9.17, 15) is 9.59 Å². The third kappa shape index (κ3) is 5.13. The number of hydrogen-bond donors (Lipinski definition) is 1. The summed E-state index contributed by atoms with van der Waals surface area (Å²) in [7, 11) is 0. The standard InChI is InChI=1S/C18H23ClN2O4S/c19-16-4-2-1-3-14(16)11-26-12-17(22)21-6-13-5-20(8-18(23)24)15(7-21)10-25-9-13/h1-4,13,15H,5-12H2,(H,23,24)/t13-,15+/m1/s1. The molecule has 26 heavy (non-hydrogen) atoms. The molecule has 1 amide bonds. The first-order valence-corrected chi connectivity index (χ1v) is 10.2. The molecule has 3 rings (SSSR count). The van der Waals surface area contributed by atoms with Gasteiger partial charge in [-0.05, 0) is 11.6 Å². The van der Waals surface area contributed by atoms with Crippen molar-refractivity contribution in [1.29, 1.82) is 0 Å². The van der Waals surface area contributed by atoms with Crippen LogP contribution >= 0.6 is 23.4 Å². The van der Waals surface area contributed by atoms with Crippen molar-refractivity contribution in [3.8, 4) is 0 Å². The molecule has 0 unspecified atom stereocenters. The molecule has 2 atom stereocenters. The van der Waals surface area contributed by atoms with E-state index in [0.717, 1.165) is 10.6 Å². The molecule has 1 aromatic carbocycles. The molecule has 0 saturated carbocycles. The predicted molar refractivity (Wildman–Crippen MR) is 101 cm³/mol. The second kappa shape index (κ2) is 9.08. The largest absolute Gasteiger partial charge is 0.480 e. The number of benzene rings is 1. The van der Waals surface area contributed by atoms with Crippen LogP contribution in [-0.2, 0) is 20.1 Å². The van der Waals surface area contributed by atoms with Gasteiger partial charge in [0.2, 0.25) is 5.91 Å². The number of hydrogen-bond acceptors (Lipinski definition) is 5. The summed E-state index contributed by atoms with van der Waals surface area (Å²) >= 11 is 7.71. The molecule has 0 aliphatic carbocycles. The SMILES string of the molecule is O=C(O)CN1C[C@H]2COC[C@@H]1CN(C(=O)CSCc1ccccc1Cl)C2. The number of nitrogens with zero attached hydrogens (tertiary/aromatic N) is 2. The number of carboxylic acids is 1. The van der Waals surface area contributed by atoms with Gasteiger partial charge in [-0.1, -0.05) is 29.8 Å². The normalized spacial score (nSPS) is 23.5. The van der Waals surface area contributed by atoms with Crippen molar-refractivity contribution in [2.24, 2.45) is 5.92 Å². The number of halogens is 1. The number of fused-ring (bicyclic) bond motifs is 3. The van der Waals surface area contributed by atoms with E-state index in [1.807, 2.05) is 34.1 Å². The molecule has 1 aromatic rings. The van der Waals surface area contributed by atoms with Crippen molar-refractivity contribution < 1.29 is 19.4 Å². The zero-order chi connectivity index (χ0) is 18.5. The van der Waals surface area contributed by atoms with Crippen molar-refractivity contribution in [2.75, 3.05) is 45.1 Å². The lowest BCUT2D eigenvalue weighted by atomic mass is 10.1. The Bertz CT molecular complexity index is 660. The van der Waals surface area contributed by atoms with Crippen LogP contribution in [0.15, 0.2) is 24.3 Å². The zero-order valence-electron chi connectivity index (χ0n) is 14.5. The first-order chi connectivity index (χ1) is 12.5. The lowest BCUT2D eigenvalue weighted by Crippen LogP contribution is -2.47. The van der Waals surface area contributed by atoms with Gasteiger partial charge in [0.15, 0.2) is 0 Å². The molecule has 2 fully saturated rings. The fraction of sp³-hybridized carbons (Fsp3) is 0.556. The van der Waals surface area contributed by atoms with Crippen molar-refractivity contribution in [3.63, 3.8) is 0 Å². The third-order valence-corrected chi connectivity index (χ3v) is 6.05. The molecular weight excluding hydrogens is 376 g/mol. The number of amides is 1. The summed E-state index contributed by atoms with van der Waals surface area (Å²) in [5.41, 5.74) is 1.03. The number of aliphatic carboxylic acids is 1. The van der Waals surface area contributed by atoms with Gasteiger partial charge in [-0.2, -0.15) is 0 Å². The van der Waals surface area contributed by atoms with Gasteiger partial charge < -0.3 is 14.7 Å². The lowest BCUT2D eigenvalue weighted by molar-refractivity contribution is -0.139. The summed E-state index contributed by atoms with van der Waals surface area (Å²) in [4.78, 5) is 27.6. The highest BCUT2D eigenvalue weighted by Gasteiger charge is 2.35. The Kier molecular flexibility index (Phi) is 6.80. The van der Waals surface area contributed by atoms with Crippen molar-refractivity contribution in [1.82, 2.24) is 9.80 Å². The van der Waals surface area contributed by atoms with E-state index in [0.29, 0.717) is 44.4 Å². The monoisotopic (exact) mass is 398 g/mol. The molecule has 2 saturated heterocycles. The van der Waals surface area contributed by atoms with Crippen LogP contribution in [0.1, 0.15) is 5.56 Å². The van der Waals surface area contributed by atoms with Crippen LogP contribution in [-0.4, -0.2) is 78.0 Å². The third-order valence-electron chi connectivity index (χ3n) is 4.71. The van der Waals surface area contributed by atoms with Crippen molar-refractivity contribution in [3.05, 3.63) is 34.9 Å². The molecule has 2 aliphatic heterocycles. The van der Waals surface area contributed by atoms with Crippen LogP contribution in [0.5, 0.6) is 0 Å². The quantitative estimate of drug-likeness (QED) is 0.788. The molecule has 2 bridgehead atoms. The Morgan fingerprint density at radius 2 is 2.04 bits per heavy atom. The minimum Gasteiger partial charge on any atom is -0.480 e. The molecule has 2 aliphatic rings. The zero-order valence-corrected chi connectivity index (χ0v) is 16.0. The summed E-state index contributed by atoms with van der Waals surface area (Å²) in [5, 5.41) is 9.84. The second-order valence-corrected chi connectivity index (χ2v) is 8.16. The number of rotatable bonds is 6. The van der Waals surface area contributed by atoms with Crippen LogP contribution in [0.3, 0.4) is 0 Å². The van der Waals surface area contributed by atoms with E-state index in [2.05, 4.69) is 0 Å². The van der Waals surface area contributed by atoms with Gasteiger partial charge in [-0.25, -0.2) is 0 Å². The molecule has 0 radical (unpaired) electrons. The van der Waals surface area contributed by atoms with Crippen LogP contribution in [0.4, 0.5) is 0 Å². The maximum absolute atomic E-state index is 12.7. The maximum Gasteiger partial charge on any atom is 0.317 e. The summed E-state index contributed by atoms with van der Waals surface area (Å²) in [5.74, 6) is 0.492. The highest BCUT2D eigenvalue weighted by atomic mass is 35.5. The van der Waals surface area contributed by atoms with Crippen LogP contribution in [0, 0.1) is 5.92 Å². The topological polar surface area (TPSA) is 70.1 Å². The number of carbonyl (C=O) groups is 2. The van der Waals surface area contributed by atoms with Gasteiger partial charge in [0.25, 0.3) is 0 Å². The molecule has 2 heterocycles. The minimum atomic E-state index is -0.842. The predicted octanol–water partition coefficient (Wildman–Crippen LogP) is 1.82. The molecular formula is C18H23ClN2O4S. The Balaban J connectivity index is 1.56. The van der Waals surface area contributed by atoms with Gasteiger partial charge in [-0.3, -0.25) is 14.5 Å². The molecule has 0 aromatic heterocycles. The summed E-state index contributed by atoms with van der Waals surface area (Å²) in [6, 6.07) is 7.60. The Hall–Kier alpha value is -1.28. The lowest BCUT2D eigenvalue weighted by Gasteiger charge is -2.30. The molecule has 6 nitrogen and oxygen atoms in total. The van der Waals surface area contributed by atoms with Crippen LogP contribution < -0.4 is 0 Å². The average Bonchev–Trinajstić information content (AvgIpc) is 2.85. The summed E-state index contributed by atoms with van der Waals surface area (Å²) < 4.78 is 5.66. The van der Waals surface area contributed by atoms with Gasteiger partial charge in [0, 0.05) is 36.3 Å². The molecule has 0 spiro atoms. The van der Waals surface area contributed by atoms with E-state index in [1.54, 1.807) is 11.8 Å². The smallest absolute Gasteiger partial charge is 0.317 e. The fourth-order valence-corrected chi connectivity index (χ4v) is 4.67. The maximum atomic E-state index is 12.7. The number of thioether (sulfide) groups is 1. The van der Waals surface area contributed by atoms with Crippen molar-refractivity contribution in [2.45, 2.75) is 11.8 Å². The van der Waals surface area contributed by atoms with Gasteiger partial charge in [0.05, 0.1) is 31.6 Å². The Morgan fingerprint density at radius 3 is 2.81 bits per heavy atom. The summed E-state index contributed by atoms with van der Waals surface area (Å²) in [6.07, 6.45) is 0. The summed E-state index contributed by atoms with van der Waals surface area (Å²) in [6.45, 7) is 2.85. The molecule has 1 N–H and O–H groups in total. The van der Waals surface area contributed by atoms with Crippen LogP contribution in [0.2, 0.25) is 5.02 Å². The number of ether oxygens (including phenoxy) is 1. The number of carboxylic acid groups (broad SMARTS) is 1. The van der Waals surface area contributed by atoms with E-state index >= 15 is 0 Å². The van der Waals surface area contributed by atoms with Crippen molar-refractivity contribution >= 4 is 35.2 Å². The van der Waals surface area contributed by atoms with Gasteiger partial charge in [0.1, 0.15) is 0 Å². The van der Waals surface area contributed by atoms with E-state index in [4.69, 9.17) is 21.4 Å². The van der Waals surface area contributed by atoms with E-state index < -0.39 is 5.97 Å². The average molecular weight is 399 g/mol. The number of carbonyl (C=O) groups excluding carboxylic acids is 1. The van der Waals surface area contributed by atoms with Gasteiger partial charge in [-0.15, -0.1) is 11.8 Å². The Morgan fingerprint density at radius 1 is 1.23 bits per heavy atom. The molecule has 8 heteroatoms.